The number of aromatic nitrogens is 2. The molecule has 2 aliphatic heterocycles. The van der Waals surface area contributed by atoms with E-state index in [4.69, 9.17) is 4.74 Å². The number of imidazole rings is 1. The number of pyridine rings is 1. The summed E-state index contributed by atoms with van der Waals surface area (Å²) in [5, 5.41) is 0. The number of anilines is 1. The van der Waals surface area contributed by atoms with E-state index in [1.54, 1.807) is 10.5 Å². The van der Waals surface area contributed by atoms with Crippen LogP contribution in [0.1, 0.15) is 36.1 Å². The number of likely N-dealkylation sites (N-methyl/N-ethyl adjacent to an activating group) is 1. The number of ether oxygens (including phenoxy) is 1. The van der Waals surface area contributed by atoms with Crippen LogP contribution >= 0.6 is 0 Å². The third-order valence-electron chi connectivity index (χ3n) is 6.84. The van der Waals surface area contributed by atoms with Gasteiger partial charge in [-0.2, -0.15) is 0 Å². The smallest absolute Gasteiger partial charge is 0.173 e. The average Bonchev–Trinajstić information content (AvgIpc) is 3.13. The zero-order valence-electron chi connectivity index (χ0n) is 18.6. The molecule has 1 saturated carbocycles. The molecule has 0 amide bonds. The van der Waals surface area contributed by atoms with Gasteiger partial charge in [0, 0.05) is 67.0 Å². The fraction of sp³-hybridized carbons (Fsp3) is 0.346. The van der Waals surface area contributed by atoms with Crippen LogP contribution in [0.3, 0.4) is 0 Å². The van der Waals surface area contributed by atoms with Crippen LogP contribution in [0.4, 0.5) is 10.1 Å². The van der Waals surface area contributed by atoms with E-state index in [1.165, 1.54) is 17.7 Å². The highest BCUT2D eigenvalue weighted by atomic mass is 19.1. The van der Waals surface area contributed by atoms with Crippen molar-refractivity contribution in [2.24, 2.45) is 0 Å². The fourth-order valence-corrected chi connectivity index (χ4v) is 4.76. The first-order valence-corrected chi connectivity index (χ1v) is 11.4. The van der Waals surface area contributed by atoms with Gasteiger partial charge in [-0.05, 0) is 63.1 Å². The van der Waals surface area contributed by atoms with Crippen molar-refractivity contribution in [1.29, 1.82) is 0 Å². The van der Waals surface area contributed by atoms with E-state index in [0.717, 1.165) is 72.9 Å². The Morgan fingerprint density at radius 2 is 1.84 bits per heavy atom. The van der Waals surface area contributed by atoms with Crippen molar-refractivity contribution in [3.63, 3.8) is 0 Å². The Kier molecular flexibility index (Phi) is 4.57. The summed E-state index contributed by atoms with van der Waals surface area (Å²) in [4.78, 5) is 9.07. The highest BCUT2D eigenvalue weighted by Crippen LogP contribution is 2.43. The molecule has 4 heterocycles. The van der Waals surface area contributed by atoms with Gasteiger partial charge in [0.25, 0.3) is 0 Å². The first kappa shape index (κ1) is 19.6. The molecule has 2 aromatic heterocycles. The largest absolute Gasteiger partial charge is 0.456 e. The van der Waals surface area contributed by atoms with E-state index >= 15 is 0 Å². The number of nitrogens with zero attached hydrogens (tertiary/aromatic N) is 4. The number of aryl methyl sites for hydroxylation is 1. The third kappa shape index (κ3) is 3.30. The summed E-state index contributed by atoms with van der Waals surface area (Å²) in [7, 11) is 2.17. The van der Waals surface area contributed by atoms with Crippen molar-refractivity contribution >= 4 is 23.0 Å². The minimum atomic E-state index is -0.314. The Morgan fingerprint density at radius 3 is 2.59 bits per heavy atom. The van der Waals surface area contributed by atoms with E-state index in [9.17, 15) is 4.39 Å². The van der Waals surface area contributed by atoms with Gasteiger partial charge in [-0.15, -0.1) is 0 Å². The molecule has 164 valence electrons. The van der Waals surface area contributed by atoms with Crippen molar-refractivity contribution < 1.29 is 9.13 Å². The quantitative estimate of drug-likeness (QED) is 0.579. The van der Waals surface area contributed by atoms with Crippen molar-refractivity contribution in [2.75, 3.05) is 38.1 Å². The molecular formula is C26H27FN4O. The molecule has 1 aromatic carbocycles. The second-order valence-corrected chi connectivity index (χ2v) is 9.15. The lowest BCUT2D eigenvalue weighted by Crippen LogP contribution is -2.44. The number of rotatable bonds is 2. The van der Waals surface area contributed by atoms with Gasteiger partial charge in [-0.3, -0.25) is 0 Å². The maximum absolute atomic E-state index is 14.8. The number of allylic oxidation sites excluding steroid dienone is 2. The normalized spacial score (nSPS) is 19.0. The van der Waals surface area contributed by atoms with Gasteiger partial charge < -0.3 is 18.9 Å². The van der Waals surface area contributed by atoms with Gasteiger partial charge in [-0.1, -0.05) is 0 Å². The lowest BCUT2D eigenvalue weighted by molar-refractivity contribution is 0.312. The Balaban J connectivity index is 1.43. The summed E-state index contributed by atoms with van der Waals surface area (Å²) in [5.41, 5.74) is 6.47. The number of hydrogen-bond acceptors (Lipinski definition) is 4. The molecule has 0 unspecified atom stereocenters. The molecule has 0 atom stereocenters. The lowest BCUT2D eigenvalue weighted by atomic mass is 9.86. The van der Waals surface area contributed by atoms with Crippen molar-refractivity contribution in [3.05, 3.63) is 70.6 Å². The van der Waals surface area contributed by atoms with E-state index in [1.807, 2.05) is 19.3 Å². The molecule has 1 aliphatic carbocycles. The number of halogens is 1. The molecule has 3 aromatic rings. The molecule has 5 nitrogen and oxygen atoms in total. The first-order chi connectivity index (χ1) is 15.5. The Morgan fingerprint density at radius 1 is 1.03 bits per heavy atom. The van der Waals surface area contributed by atoms with Crippen LogP contribution in [0.15, 0.2) is 48.0 Å². The SMILES string of the molecule is Cc1cn2cc(C3=Cc4ccc(N5CCN(C)CC5)cc4OC3=C3CCC3)cc(F)c2n1. The fourth-order valence-electron chi connectivity index (χ4n) is 4.76. The summed E-state index contributed by atoms with van der Waals surface area (Å²) < 4.78 is 23.2. The van der Waals surface area contributed by atoms with Gasteiger partial charge in [0.15, 0.2) is 11.5 Å². The maximum atomic E-state index is 14.8. The molecule has 6 rings (SSSR count). The van der Waals surface area contributed by atoms with Crippen LogP contribution in [0.25, 0.3) is 17.3 Å². The minimum absolute atomic E-state index is 0.314. The van der Waals surface area contributed by atoms with E-state index in [-0.39, 0.29) is 5.82 Å². The molecule has 0 spiro atoms. The van der Waals surface area contributed by atoms with E-state index in [0.29, 0.717) is 5.65 Å². The molecule has 0 N–H and O–H groups in total. The first-order valence-electron chi connectivity index (χ1n) is 11.4. The number of hydrogen-bond donors (Lipinski definition) is 0. The summed E-state index contributed by atoms with van der Waals surface area (Å²) in [6.45, 7) is 6.06. The molecule has 1 saturated heterocycles. The van der Waals surface area contributed by atoms with Crippen LogP contribution in [-0.2, 0) is 0 Å². The number of benzene rings is 1. The summed E-state index contributed by atoms with van der Waals surface area (Å²) in [6.07, 6.45) is 9.22. The Hall–Kier alpha value is -3.12. The second kappa shape index (κ2) is 7.48. The highest BCUT2D eigenvalue weighted by molar-refractivity contribution is 5.94. The molecule has 6 heteroatoms. The van der Waals surface area contributed by atoms with E-state index < -0.39 is 0 Å². The summed E-state index contributed by atoms with van der Waals surface area (Å²) >= 11 is 0. The molecular weight excluding hydrogens is 403 g/mol. The monoisotopic (exact) mass is 430 g/mol. The van der Waals surface area contributed by atoms with Crippen molar-refractivity contribution in [3.8, 4) is 5.75 Å². The number of fused-ring (bicyclic) bond motifs is 2. The average molecular weight is 431 g/mol. The molecule has 0 bridgehead atoms. The zero-order chi connectivity index (χ0) is 21.8. The minimum Gasteiger partial charge on any atom is -0.456 e. The molecule has 0 radical (unpaired) electrons. The predicted molar refractivity (Wildman–Crippen MR) is 125 cm³/mol. The van der Waals surface area contributed by atoms with Crippen molar-refractivity contribution in [2.45, 2.75) is 26.2 Å². The van der Waals surface area contributed by atoms with Gasteiger partial charge in [0.2, 0.25) is 0 Å². The second-order valence-electron chi connectivity index (χ2n) is 9.15. The topological polar surface area (TPSA) is 33.0 Å². The van der Waals surface area contributed by atoms with Crippen LogP contribution in [0.5, 0.6) is 5.75 Å². The molecule has 32 heavy (non-hydrogen) atoms. The lowest BCUT2D eigenvalue weighted by Gasteiger charge is -2.35. The summed E-state index contributed by atoms with van der Waals surface area (Å²) in [5.74, 6) is 1.47. The highest BCUT2D eigenvalue weighted by Gasteiger charge is 2.27. The summed E-state index contributed by atoms with van der Waals surface area (Å²) in [6, 6.07) is 8.05. The zero-order valence-corrected chi connectivity index (χ0v) is 18.6. The van der Waals surface area contributed by atoms with Crippen LogP contribution < -0.4 is 9.64 Å². The Labute approximate surface area is 187 Å². The Bertz CT molecular complexity index is 1270. The molecule has 2 fully saturated rings. The van der Waals surface area contributed by atoms with Crippen LogP contribution in [0.2, 0.25) is 0 Å². The number of piperazine rings is 1. The van der Waals surface area contributed by atoms with Gasteiger partial charge >= 0.3 is 0 Å². The van der Waals surface area contributed by atoms with E-state index in [2.05, 4.69) is 46.1 Å². The van der Waals surface area contributed by atoms with Crippen molar-refractivity contribution in [1.82, 2.24) is 14.3 Å². The van der Waals surface area contributed by atoms with Crippen LogP contribution in [-0.4, -0.2) is 47.5 Å². The van der Waals surface area contributed by atoms with Gasteiger partial charge in [0.05, 0.1) is 5.69 Å². The van der Waals surface area contributed by atoms with Crippen LogP contribution in [0, 0.1) is 12.7 Å². The third-order valence-corrected chi connectivity index (χ3v) is 6.84. The predicted octanol–water partition coefficient (Wildman–Crippen LogP) is 4.90. The van der Waals surface area contributed by atoms with Gasteiger partial charge in [-0.25, -0.2) is 9.37 Å². The molecule has 3 aliphatic rings. The standard InChI is InChI=1S/C26H27FN4O/c1-17-15-31-16-20(13-23(27)26(31)28-17)22-12-19-6-7-21(30-10-8-29(2)9-11-30)14-24(19)32-25(22)18-4-3-5-18/h6-7,12-16H,3-5,8-11H2,1-2H3. The maximum Gasteiger partial charge on any atom is 0.173 e. The van der Waals surface area contributed by atoms with Gasteiger partial charge in [0.1, 0.15) is 11.5 Å².